The van der Waals surface area contributed by atoms with Gasteiger partial charge in [-0.1, -0.05) is 23.4 Å². The Hall–Kier alpha value is -1.74. The van der Waals surface area contributed by atoms with E-state index in [0.29, 0.717) is 29.6 Å². The normalized spacial score (nSPS) is 25.1. The number of halogens is 1. The number of rotatable bonds is 2. The van der Waals surface area contributed by atoms with Crippen molar-refractivity contribution in [2.45, 2.75) is 57.1 Å². The fourth-order valence-electron chi connectivity index (χ4n) is 4.52. The molecule has 1 aromatic heterocycles. The lowest BCUT2D eigenvalue weighted by Gasteiger charge is -2.36. The second kappa shape index (κ2) is 7.44. The van der Waals surface area contributed by atoms with E-state index >= 15 is 0 Å². The molecule has 0 unspecified atom stereocenters. The molecule has 2 atom stereocenters. The molecule has 1 aromatic carbocycles. The Morgan fingerprint density at radius 1 is 1.37 bits per heavy atom. The number of aromatic nitrogens is 2. The van der Waals surface area contributed by atoms with E-state index in [9.17, 15) is 4.79 Å². The van der Waals surface area contributed by atoms with Crippen LogP contribution in [0.25, 0.3) is 0 Å². The Morgan fingerprint density at radius 3 is 3.00 bits per heavy atom. The summed E-state index contributed by atoms with van der Waals surface area (Å²) >= 11 is 7.96. The zero-order valence-corrected chi connectivity index (χ0v) is 18.7. The van der Waals surface area contributed by atoms with Crippen LogP contribution in [-0.4, -0.2) is 33.8 Å². The Labute approximate surface area is 183 Å². The predicted octanol–water partition coefficient (Wildman–Crippen LogP) is 4.71. The summed E-state index contributed by atoms with van der Waals surface area (Å²) in [4.78, 5) is 17.9. The van der Waals surface area contributed by atoms with E-state index in [0.717, 1.165) is 34.8 Å². The van der Waals surface area contributed by atoms with Crippen molar-refractivity contribution < 1.29 is 14.2 Å². The quantitative estimate of drug-likeness (QED) is 0.718. The van der Waals surface area contributed by atoms with E-state index in [4.69, 9.17) is 30.8 Å². The lowest BCUT2D eigenvalue weighted by Crippen LogP contribution is -2.35. The summed E-state index contributed by atoms with van der Waals surface area (Å²) in [5, 5.41) is 4.31. The van der Waals surface area contributed by atoms with Gasteiger partial charge in [-0.15, -0.1) is 0 Å². The average Bonchev–Trinajstić information content (AvgIpc) is 3.02. The summed E-state index contributed by atoms with van der Waals surface area (Å²) in [6.45, 7) is 7.42. The summed E-state index contributed by atoms with van der Waals surface area (Å²) in [6.07, 6.45) is 1.64. The van der Waals surface area contributed by atoms with Crippen LogP contribution in [-0.2, 0) is 16.1 Å². The number of aliphatic imine (C=N–C) groups is 1. The van der Waals surface area contributed by atoms with Crippen LogP contribution < -0.4 is 10.3 Å². The minimum Gasteiger partial charge on any atom is -0.467 e. The first-order valence-corrected chi connectivity index (χ1v) is 11.3. The molecule has 9 heteroatoms. The minimum atomic E-state index is -0.249. The highest BCUT2D eigenvalue weighted by atomic mass is 35.5. The van der Waals surface area contributed by atoms with Crippen LogP contribution in [0.5, 0.6) is 5.75 Å². The molecule has 0 bridgehead atoms. The topological polar surface area (TPSA) is 77.8 Å². The molecule has 0 spiro atoms. The van der Waals surface area contributed by atoms with Crippen molar-refractivity contribution in [3.63, 3.8) is 0 Å². The molecule has 2 aromatic rings. The van der Waals surface area contributed by atoms with E-state index in [1.54, 1.807) is 11.8 Å². The van der Waals surface area contributed by atoms with Crippen molar-refractivity contribution in [2.24, 2.45) is 4.99 Å². The van der Waals surface area contributed by atoms with Crippen molar-refractivity contribution in [3.8, 4) is 5.75 Å². The number of H-pyrrole nitrogens is 1. The van der Waals surface area contributed by atoms with E-state index < -0.39 is 0 Å². The standard InChI is InChI=1S/C21H24ClN3O4S/c1-11-23-19-16(20(26)24-25(19)14-4-5-29-21(2,3)8-14)18(30-11)15-7-13(22)6-12-9-27-10-28-17(12)15/h6-7,14,18H,4-5,8-10H2,1-3H3,(H,24,26)/t14-,18+/m1/s1. The van der Waals surface area contributed by atoms with Crippen molar-refractivity contribution in [1.29, 1.82) is 0 Å². The van der Waals surface area contributed by atoms with Crippen LogP contribution >= 0.6 is 23.4 Å². The van der Waals surface area contributed by atoms with Gasteiger partial charge in [0.05, 0.1) is 34.1 Å². The van der Waals surface area contributed by atoms with Gasteiger partial charge in [0.2, 0.25) is 0 Å². The average molecular weight is 450 g/mol. The summed E-state index contributed by atoms with van der Waals surface area (Å²) in [6, 6.07) is 3.87. The molecular formula is C21H24ClN3O4S. The molecule has 1 fully saturated rings. The van der Waals surface area contributed by atoms with Gasteiger partial charge in [-0.2, -0.15) is 0 Å². The van der Waals surface area contributed by atoms with Crippen molar-refractivity contribution in [1.82, 2.24) is 9.78 Å². The van der Waals surface area contributed by atoms with Crippen LogP contribution in [0, 0.1) is 0 Å². The Balaban J connectivity index is 1.63. The molecular weight excluding hydrogens is 426 g/mol. The number of aromatic amines is 1. The van der Waals surface area contributed by atoms with Crippen LogP contribution in [0.3, 0.4) is 0 Å². The van der Waals surface area contributed by atoms with Gasteiger partial charge >= 0.3 is 0 Å². The Bertz CT molecular complexity index is 1090. The van der Waals surface area contributed by atoms with Crippen molar-refractivity contribution in [2.75, 3.05) is 13.4 Å². The van der Waals surface area contributed by atoms with Crippen LogP contribution in [0.15, 0.2) is 21.9 Å². The first-order valence-electron chi connectivity index (χ1n) is 10.1. The maximum atomic E-state index is 13.1. The maximum absolute atomic E-state index is 13.1. The van der Waals surface area contributed by atoms with Gasteiger partial charge in [-0.05, 0) is 45.7 Å². The Kier molecular flexibility index (Phi) is 5.01. The largest absolute Gasteiger partial charge is 0.467 e. The molecule has 30 heavy (non-hydrogen) atoms. The molecule has 3 aliphatic heterocycles. The summed E-state index contributed by atoms with van der Waals surface area (Å²) in [5.41, 5.74) is 2.07. The first kappa shape index (κ1) is 20.2. The third-order valence-corrected chi connectivity index (χ3v) is 7.15. The summed E-state index contributed by atoms with van der Waals surface area (Å²) in [7, 11) is 0. The highest BCUT2D eigenvalue weighted by Crippen LogP contribution is 2.49. The lowest BCUT2D eigenvalue weighted by atomic mass is 9.94. The Morgan fingerprint density at radius 2 is 2.20 bits per heavy atom. The molecule has 0 radical (unpaired) electrons. The fourth-order valence-corrected chi connectivity index (χ4v) is 5.88. The molecule has 5 rings (SSSR count). The van der Waals surface area contributed by atoms with E-state index in [-0.39, 0.29) is 29.2 Å². The van der Waals surface area contributed by atoms with Crippen LogP contribution in [0.1, 0.15) is 61.6 Å². The van der Waals surface area contributed by atoms with Gasteiger partial charge in [-0.3, -0.25) is 14.6 Å². The van der Waals surface area contributed by atoms with Gasteiger partial charge in [0, 0.05) is 22.8 Å². The van der Waals surface area contributed by atoms with Crippen molar-refractivity contribution >= 4 is 34.2 Å². The maximum Gasteiger partial charge on any atom is 0.271 e. The molecule has 0 saturated carbocycles. The second-order valence-electron chi connectivity index (χ2n) is 8.53. The molecule has 1 saturated heterocycles. The van der Waals surface area contributed by atoms with E-state index in [2.05, 4.69) is 18.9 Å². The van der Waals surface area contributed by atoms with Gasteiger partial charge in [0.1, 0.15) is 5.75 Å². The molecule has 3 aliphatic rings. The number of fused-ring (bicyclic) bond motifs is 2. The number of nitrogens with one attached hydrogen (secondary N) is 1. The number of nitrogens with zero attached hydrogens (tertiary/aromatic N) is 2. The zero-order valence-electron chi connectivity index (χ0n) is 17.2. The monoisotopic (exact) mass is 449 g/mol. The van der Waals surface area contributed by atoms with Crippen molar-refractivity contribution in [3.05, 3.63) is 44.2 Å². The lowest BCUT2D eigenvalue weighted by molar-refractivity contribution is -0.0705. The van der Waals surface area contributed by atoms with Crippen LogP contribution in [0.2, 0.25) is 5.02 Å². The van der Waals surface area contributed by atoms with Gasteiger partial charge in [0.15, 0.2) is 12.6 Å². The van der Waals surface area contributed by atoms with Gasteiger partial charge in [0.25, 0.3) is 5.56 Å². The fraction of sp³-hybridized carbons (Fsp3) is 0.524. The van der Waals surface area contributed by atoms with E-state index in [1.165, 1.54) is 0 Å². The van der Waals surface area contributed by atoms with Gasteiger partial charge < -0.3 is 14.2 Å². The smallest absolute Gasteiger partial charge is 0.271 e. The molecule has 0 amide bonds. The molecule has 160 valence electrons. The zero-order chi connectivity index (χ0) is 21.0. The predicted molar refractivity (Wildman–Crippen MR) is 117 cm³/mol. The highest BCUT2D eigenvalue weighted by Gasteiger charge is 2.37. The second-order valence-corrected chi connectivity index (χ2v) is 10.3. The minimum absolute atomic E-state index is 0.121. The summed E-state index contributed by atoms with van der Waals surface area (Å²) in [5.74, 6) is 1.45. The van der Waals surface area contributed by atoms with Crippen LogP contribution in [0.4, 0.5) is 5.82 Å². The first-order chi connectivity index (χ1) is 14.3. The van der Waals surface area contributed by atoms with Gasteiger partial charge in [-0.25, -0.2) is 4.99 Å². The summed E-state index contributed by atoms with van der Waals surface area (Å²) < 4.78 is 19.1. The van der Waals surface area contributed by atoms with E-state index in [1.807, 2.05) is 23.7 Å². The number of thioether (sulfide) groups is 1. The molecule has 7 nitrogen and oxygen atoms in total. The molecule has 1 N–H and O–H groups in total. The third kappa shape index (κ3) is 3.49. The highest BCUT2D eigenvalue weighted by molar-refractivity contribution is 8.14. The number of hydrogen-bond acceptors (Lipinski definition) is 6. The SMILES string of the molecule is CC1=Nc2c(c(=O)[nH]n2[C@@H]2CCOC(C)(C)C2)[C@H](c2cc(Cl)cc3c2OCOC3)S1. The third-order valence-electron chi connectivity index (χ3n) is 5.77. The molecule has 4 heterocycles. The molecule has 0 aliphatic carbocycles. The number of benzene rings is 1. The number of hydrogen-bond donors (Lipinski definition) is 1. The number of ether oxygens (including phenoxy) is 3.